The number of aromatic nitrogens is 2. The van der Waals surface area contributed by atoms with Gasteiger partial charge in [-0.25, -0.2) is 0 Å². The predicted octanol–water partition coefficient (Wildman–Crippen LogP) is 3.08. The van der Waals surface area contributed by atoms with Crippen LogP contribution in [0.3, 0.4) is 0 Å². The van der Waals surface area contributed by atoms with Crippen LogP contribution in [0.5, 0.6) is 0 Å². The Bertz CT molecular complexity index is 1900. The van der Waals surface area contributed by atoms with E-state index in [0.29, 0.717) is 16.5 Å². The molecule has 4 aromatic heterocycles. The van der Waals surface area contributed by atoms with Crippen molar-refractivity contribution in [2.24, 2.45) is 0 Å². The topological polar surface area (TPSA) is 121 Å². The van der Waals surface area contributed by atoms with Crippen molar-refractivity contribution >= 4 is 38.9 Å². The number of halogens is 1. The maximum absolute atomic E-state index is 13.8. The Balaban J connectivity index is 1.70. The average Bonchev–Trinajstić information content (AvgIpc) is 3.68. The lowest BCUT2D eigenvalue weighted by molar-refractivity contribution is 0.104. The van der Waals surface area contributed by atoms with Gasteiger partial charge in [-0.1, -0.05) is 11.6 Å². The summed E-state index contributed by atoms with van der Waals surface area (Å²) >= 11 is 5.97. The lowest BCUT2D eigenvalue weighted by atomic mass is 9.95. The molecular formula is C27H15ClN2O7. The highest BCUT2D eigenvalue weighted by molar-refractivity contribution is 6.31. The van der Waals surface area contributed by atoms with Crippen LogP contribution in [0.15, 0.2) is 95.1 Å². The van der Waals surface area contributed by atoms with Gasteiger partial charge in [-0.2, -0.15) is 0 Å². The second-order valence-electron chi connectivity index (χ2n) is 8.48. The minimum Gasteiger partial charge on any atom is -0.467 e. The predicted molar refractivity (Wildman–Crippen MR) is 135 cm³/mol. The molecular weight excluding hydrogens is 500 g/mol. The summed E-state index contributed by atoms with van der Waals surface area (Å²) < 4.78 is 12.4. The second kappa shape index (κ2) is 8.42. The van der Waals surface area contributed by atoms with Crippen LogP contribution in [0.1, 0.15) is 27.4 Å². The highest BCUT2D eigenvalue weighted by Crippen LogP contribution is 2.26. The number of furan rings is 2. The number of benzene rings is 2. The highest BCUT2D eigenvalue weighted by atomic mass is 35.5. The van der Waals surface area contributed by atoms with E-state index in [1.807, 2.05) is 0 Å². The molecule has 0 saturated heterocycles. The fraction of sp³-hybridized carbons (Fsp3) is 0.0741. The van der Waals surface area contributed by atoms with Crippen LogP contribution in [0.25, 0.3) is 21.5 Å². The van der Waals surface area contributed by atoms with Gasteiger partial charge in [-0.3, -0.25) is 33.1 Å². The van der Waals surface area contributed by atoms with Gasteiger partial charge >= 0.3 is 0 Å². The zero-order valence-electron chi connectivity index (χ0n) is 18.9. The van der Waals surface area contributed by atoms with Crippen LogP contribution >= 0.6 is 11.6 Å². The monoisotopic (exact) mass is 514 g/mol. The normalized spacial score (nSPS) is 11.6. The van der Waals surface area contributed by atoms with Crippen molar-refractivity contribution in [2.75, 3.05) is 0 Å². The Morgan fingerprint density at radius 3 is 1.62 bits per heavy atom. The molecule has 0 atom stereocenters. The summed E-state index contributed by atoms with van der Waals surface area (Å²) in [5.74, 6) is 0.0144. The van der Waals surface area contributed by atoms with Gasteiger partial charge in [0.2, 0.25) is 0 Å². The van der Waals surface area contributed by atoms with Gasteiger partial charge in [0.05, 0.1) is 47.2 Å². The number of ketones is 1. The fourth-order valence-electron chi connectivity index (χ4n) is 4.59. The van der Waals surface area contributed by atoms with E-state index in [4.69, 9.17) is 20.4 Å². The van der Waals surface area contributed by atoms with E-state index in [1.54, 1.807) is 24.3 Å². The number of carbonyl (C=O) groups excluding carboxylic acids is 1. The van der Waals surface area contributed by atoms with Crippen LogP contribution in [0, 0.1) is 0 Å². The molecule has 4 heterocycles. The molecule has 182 valence electrons. The maximum Gasteiger partial charge on any atom is 0.262 e. The summed E-state index contributed by atoms with van der Waals surface area (Å²) in [5, 5.41) is -0.332. The second-order valence-corrected chi connectivity index (χ2v) is 8.92. The molecule has 6 rings (SSSR count). The minimum absolute atomic E-state index is 0.131. The molecule has 0 aliphatic carbocycles. The minimum atomic E-state index is -0.763. The van der Waals surface area contributed by atoms with Crippen molar-refractivity contribution in [1.29, 1.82) is 0 Å². The SMILES string of the molecule is O=C(c1ccc(Cl)cc1)c1c2c(=O)n(Cc3ccco3)c(=O)c2cc2c(=O)n(Cc3ccco3)c(=O)c12. The third kappa shape index (κ3) is 3.51. The molecule has 9 nitrogen and oxygen atoms in total. The molecule has 0 unspecified atom stereocenters. The lowest BCUT2D eigenvalue weighted by Crippen LogP contribution is -2.27. The lowest BCUT2D eigenvalue weighted by Gasteiger charge is -2.04. The molecule has 37 heavy (non-hydrogen) atoms. The van der Waals surface area contributed by atoms with E-state index in [9.17, 15) is 24.0 Å². The van der Waals surface area contributed by atoms with Gasteiger partial charge in [0.25, 0.3) is 22.2 Å². The van der Waals surface area contributed by atoms with Crippen molar-refractivity contribution in [3.63, 3.8) is 0 Å². The Morgan fingerprint density at radius 2 is 1.19 bits per heavy atom. The zero-order valence-corrected chi connectivity index (χ0v) is 19.7. The van der Waals surface area contributed by atoms with Gasteiger partial charge in [0, 0.05) is 16.1 Å². The van der Waals surface area contributed by atoms with Crippen molar-refractivity contribution in [3.8, 4) is 0 Å². The summed E-state index contributed by atoms with van der Waals surface area (Å²) in [7, 11) is 0. The molecule has 0 N–H and O–H groups in total. The van der Waals surface area contributed by atoms with Crippen molar-refractivity contribution in [3.05, 3.63) is 136 Å². The van der Waals surface area contributed by atoms with E-state index >= 15 is 0 Å². The number of hydrogen-bond acceptors (Lipinski definition) is 7. The number of nitrogens with zero attached hydrogens (tertiary/aromatic N) is 2. The Morgan fingerprint density at radius 1 is 0.703 bits per heavy atom. The number of fused-ring (bicyclic) bond motifs is 2. The number of rotatable bonds is 6. The van der Waals surface area contributed by atoms with Gasteiger partial charge in [0.1, 0.15) is 11.5 Å². The summed E-state index contributed by atoms with van der Waals surface area (Å²) in [5.41, 5.74) is -3.09. The van der Waals surface area contributed by atoms with E-state index in [0.717, 1.165) is 9.13 Å². The first-order valence-electron chi connectivity index (χ1n) is 11.1. The van der Waals surface area contributed by atoms with E-state index < -0.39 is 28.0 Å². The highest BCUT2D eigenvalue weighted by Gasteiger charge is 2.29. The molecule has 10 heteroatoms. The first-order valence-corrected chi connectivity index (χ1v) is 11.5. The van der Waals surface area contributed by atoms with Gasteiger partial charge in [-0.05, 0) is 54.6 Å². The summed E-state index contributed by atoms with van der Waals surface area (Å²) in [4.78, 5) is 67.5. The Labute approximate surface area is 211 Å². The van der Waals surface area contributed by atoms with E-state index in [2.05, 4.69) is 0 Å². The van der Waals surface area contributed by atoms with Crippen LogP contribution in [-0.2, 0) is 13.1 Å². The largest absolute Gasteiger partial charge is 0.467 e. The molecule has 0 bridgehead atoms. The van der Waals surface area contributed by atoms with Crippen LogP contribution in [0.2, 0.25) is 5.02 Å². The first-order chi connectivity index (χ1) is 17.8. The summed E-state index contributed by atoms with van der Waals surface area (Å²) in [6.07, 6.45) is 2.81. The quantitative estimate of drug-likeness (QED) is 0.313. The molecule has 6 aromatic rings. The molecule has 0 radical (unpaired) electrons. The molecule has 0 aliphatic heterocycles. The fourth-order valence-corrected chi connectivity index (χ4v) is 4.71. The molecule has 0 aliphatic rings. The van der Waals surface area contributed by atoms with Crippen LogP contribution in [0.4, 0.5) is 0 Å². The summed E-state index contributed by atoms with van der Waals surface area (Å²) in [6, 6.07) is 13.5. The molecule has 0 fully saturated rings. The zero-order chi connectivity index (χ0) is 25.8. The molecule has 0 spiro atoms. The third-order valence-corrected chi connectivity index (χ3v) is 6.57. The van der Waals surface area contributed by atoms with Crippen LogP contribution < -0.4 is 22.2 Å². The average molecular weight is 515 g/mol. The van der Waals surface area contributed by atoms with Gasteiger partial charge in [0.15, 0.2) is 5.78 Å². The van der Waals surface area contributed by atoms with Gasteiger partial charge < -0.3 is 8.83 Å². The summed E-state index contributed by atoms with van der Waals surface area (Å²) in [6.45, 7) is -0.351. The van der Waals surface area contributed by atoms with Gasteiger partial charge in [-0.15, -0.1) is 0 Å². The first kappa shape index (κ1) is 22.7. The molecule has 0 amide bonds. The Kier molecular flexibility index (Phi) is 5.16. The number of carbonyl (C=O) groups is 1. The van der Waals surface area contributed by atoms with Crippen molar-refractivity contribution in [1.82, 2.24) is 9.13 Å². The van der Waals surface area contributed by atoms with E-state index in [1.165, 1.54) is 42.9 Å². The van der Waals surface area contributed by atoms with Crippen molar-refractivity contribution in [2.45, 2.75) is 13.1 Å². The molecule has 0 saturated carbocycles. The Hall–Kier alpha value is -4.76. The smallest absolute Gasteiger partial charge is 0.262 e. The van der Waals surface area contributed by atoms with Crippen molar-refractivity contribution < 1.29 is 13.6 Å². The third-order valence-electron chi connectivity index (χ3n) is 6.32. The number of hydrogen-bond donors (Lipinski definition) is 0. The van der Waals surface area contributed by atoms with E-state index in [-0.39, 0.29) is 45.8 Å². The standard InChI is InChI=1S/C27H15ClN2O7/c28-15-7-5-14(6-8-15)23(31)22-20-18(24(32)29(26(20)34)12-16-3-1-9-36-16)11-19-21(22)27(35)30(25(19)33)13-17-4-2-10-37-17/h1-11H,12-13H2. The molecule has 2 aromatic carbocycles. The van der Waals surface area contributed by atoms with Crippen LogP contribution in [-0.4, -0.2) is 14.9 Å². The maximum atomic E-state index is 13.8.